The summed E-state index contributed by atoms with van der Waals surface area (Å²) in [6, 6.07) is 5.25. The Bertz CT molecular complexity index is 722. The minimum absolute atomic E-state index is 0.254. The summed E-state index contributed by atoms with van der Waals surface area (Å²) in [6.07, 6.45) is 2.59. The lowest BCUT2D eigenvalue weighted by Crippen LogP contribution is -2.11. The molecule has 6 nitrogen and oxygen atoms in total. The number of carboxylic acid groups (broad SMARTS) is 1. The number of amides is 1. The highest BCUT2D eigenvalue weighted by atomic mass is 32.1. The molecule has 0 aliphatic carbocycles. The molecule has 0 bridgehead atoms. The maximum atomic E-state index is 12.0. The van der Waals surface area contributed by atoms with Crippen molar-refractivity contribution in [3.8, 4) is 0 Å². The van der Waals surface area contributed by atoms with Crippen molar-refractivity contribution in [2.75, 3.05) is 5.32 Å². The van der Waals surface area contributed by atoms with Crippen LogP contribution in [0.2, 0.25) is 0 Å². The highest BCUT2D eigenvalue weighted by Gasteiger charge is 2.13. The molecule has 2 N–H and O–H groups in total. The lowest BCUT2D eigenvalue weighted by molar-refractivity contribution is -0.131. The van der Waals surface area contributed by atoms with Crippen LogP contribution in [0.5, 0.6) is 0 Å². The van der Waals surface area contributed by atoms with Crippen molar-refractivity contribution in [2.45, 2.75) is 13.8 Å². The van der Waals surface area contributed by atoms with E-state index < -0.39 is 5.97 Å². The van der Waals surface area contributed by atoms with E-state index in [4.69, 9.17) is 5.11 Å². The third-order valence-corrected chi connectivity index (χ3v) is 3.62. The molecule has 0 aliphatic rings. The number of nitrogens with zero attached hydrogens (tertiary/aromatic N) is 2. The van der Waals surface area contributed by atoms with E-state index in [2.05, 4.69) is 14.9 Å². The van der Waals surface area contributed by atoms with Crippen molar-refractivity contribution in [3.05, 3.63) is 46.0 Å². The zero-order valence-electron chi connectivity index (χ0n) is 11.5. The molecular weight excluding hydrogens is 290 g/mol. The van der Waals surface area contributed by atoms with Gasteiger partial charge in [0.2, 0.25) is 0 Å². The summed E-state index contributed by atoms with van der Waals surface area (Å²) in [5, 5.41) is 15.2. The molecule has 2 rings (SSSR count). The van der Waals surface area contributed by atoms with E-state index in [1.54, 1.807) is 25.1 Å². The monoisotopic (exact) mass is 303 g/mol. The van der Waals surface area contributed by atoms with Crippen LogP contribution in [0.3, 0.4) is 0 Å². The molecule has 2 aromatic rings. The van der Waals surface area contributed by atoms with Gasteiger partial charge in [-0.15, -0.1) is 5.10 Å². The van der Waals surface area contributed by atoms with Gasteiger partial charge in [-0.1, -0.05) is 10.6 Å². The number of hydrogen-bond donors (Lipinski definition) is 2. The number of carbonyl (C=O) groups excluding carboxylic acids is 1. The van der Waals surface area contributed by atoms with Crippen LogP contribution in [0.15, 0.2) is 24.3 Å². The maximum absolute atomic E-state index is 12.0. The Labute approximate surface area is 125 Å². The van der Waals surface area contributed by atoms with Crippen molar-refractivity contribution in [3.63, 3.8) is 0 Å². The number of carboxylic acids is 1. The molecule has 0 saturated carbocycles. The number of benzene rings is 1. The average molecular weight is 303 g/mol. The molecule has 0 unspecified atom stereocenters. The normalized spacial score (nSPS) is 10.8. The molecule has 1 aromatic carbocycles. The number of rotatable bonds is 4. The molecule has 0 atom stereocenters. The third-order valence-electron chi connectivity index (χ3n) is 2.79. The van der Waals surface area contributed by atoms with E-state index in [1.807, 2.05) is 6.92 Å². The quantitative estimate of drug-likeness (QED) is 0.847. The number of nitrogens with one attached hydrogen (secondary N) is 1. The molecule has 0 spiro atoms. The fourth-order valence-electron chi connectivity index (χ4n) is 1.73. The van der Waals surface area contributed by atoms with E-state index in [0.29, 0.717) is 16.3 Å². The summed E-state index contributed by atoms with van der Waals surface area (Å²) in [5.41, 5.74) is 2.88. The van der Waals surface area contributed by atoms with E-state index in [-0.39, 0.29) is 5.91 Å². The first-order valence-electron chi connectivity index (χ1n) is 6.09. The molecule has 0 fully saturated rings. The SMILES string of the molecule is Cc1cc(NC(=O)c2snnc2C)ccc1C=CC(=O)O. The second-order valence-corrected chi connectivity index (χ2v) is 5.14. The molecular formula is C14H13N3O3S. The van der Waals surface area contributed by atoms with Gasteiger partial charge in [-0.3, -0.25) is 4.79 Å². The first-order valence-corrected chi connectivity index (χ1v) is 6.86. The van der Waals surface area contributed by atoms with Crippen molar-refractivity contribution in [1.82, 2.24) is 9.59 Å². The van der Waals surface area contributed by atoms with Gasteiger partial charge < -0.3 is 10.4 Å². The Morgan fingerprint density at radius 1 is 1.33 bits per heavy atom. The lowest BCUT2D eigenvalue weighted by Gasteiger charge is -2.07. The molecule has 0 radical (unpaired) electrons. The van der Waals surface area contributed by atoms with Crippen LogP contribution < -0.4 is 5.32 Å². The van der Waals surface area contributed by atoms with Gasteiger partial charge in [0.1, 0.15) is 4.88 Å². The molecule has 108 valence electrons. The van der Waals surface area contributed by atoms with Crippen LogP contribution in [0.4, 0.5) is 5.69 Å². The average Bonchev–Trinajstić information content (AvgIpc) is 2.84. The molecule has 21 heavy (non-hydrogen) atoms. The second kappa shape index (κ2) is 6.27. The Morgan fingerprint density at radius 2 is 2.10 bits per heavy atom. The summed E-state index contributed by atoms with van der Waals surface area (Å²) in [6.45, 7) is 3.57. The zero-order chi connectivity index (χ0) is 15.4. The van der Waals surface area contributed by atoms with Crippen LogP contribution in [-0.4, -0.2) is 26.6 Å². The lowest BCUT2D eigenvalue weighted by atomic mass is 10.1. The Kier molecular flexibility index (Phi) is 4.44. The maximum Gasteiger partial charge on any atom is 0.328 e. The second-order valence-electron chi connectivity index (χ2n) is 4.38. The highest BCUT2D eigenvalue weighted by molar-refractivity contribution is 7.08. The van der Waals surface area contributed by atoms with Gasteiger partial charge in [0.15, 0.2) is 0 Å². The van der Waals surface area contributed by atoms with Gasteiger partial charge in [0.25, 0.3) is 5.91 Å². The van der Waals surface area contributed by atoms with Gasteiger partial charge >= 0.3 is 5.97 Å². The van der Waals surface area contributed by atoms with Crippen LogP contribution >= 0.6 is 11.5 Å². The van der Waals surface area contributed by atoms with Crippen molar-refractivity contribution < 1.29 is 14.7 Å². The van der Waals surface area contributed by atoms with E-state index >= 15 is 0 Å². The molecule has 0 saturated heterocycles. The Hall–Kier alpha value is -2.54. The van der Waals surface area contributed by atoms with E-state index in [0.717, 1.165) is 28.7 Å². The number of aryl methyl sites for hydroxylation is 2. The van der Waals surface area contributed by atoms with Crippen LogP contribution in [0.25, 0.3) is 6.08 Å². The molecule has 1 heterocycles. The van der Waals surface area contributed by atoms with Gasteiger partial charge in [0.05, 0.1) is 5.69 Å². The number of anilines is 1. The van der Waals surface area contributed by atoms with Crippen molar-refractivity contribution in [2.24, 2.45) is 0 Å². The molecule has 0 aliphatic heterocycles. The minimum atomic E-state index is -1.00. The fourth-order valence-corrected chi connectivity index (χ4v) is 2.28. The first kappa shape index (κ1) is 14.9. The van der Waals surface area contributed by atoms with Gasteiger partial charge in [0, 0.05) is 11.8 Å². The number of aromatic nitrogens is 2. The molecule has 1 amide bonds. The van der Waals surface area contributed by atoms with Gasteiger partial charge in [-0.25, -0.2) is 4.79 Å². The smallest absolute Gasteiger partial charge is 0.328 e. The minimum Gasteiger partial charge on any atom is -0.478 e. The summed E-state index contributed by atoms with van der Waals surface area (Å²) in [5.74, 6) is -1.25. The van der Waals surface area contributed by atoms with E-state index in [1.165, 1.54) is 6.08 Å². The van der Waals surface area contributed by atoms with Crippen LogP contribution in [-0.2, 0) is 4.79 Å². The Balaban J connectivity index is 2.15. The van der Waals surface area contributed by atoms with Crippen molar-refractivity contribution in [1.29, 1.82) is 0 Å². The summed E-state index contributed by atoms with van der Waals surface area (Å²) in [7, 11) is 0. The highest BCUT2D eigenvalue weighted by Crippen LogP contribution is 2.18. The summed E-state index contributed by atoms with van der Waals surface area (Å²) in [4.78, 5) is 23.0. The van der Waals surface area contributed by atoms with Gasteiger partial charge in [-0.2, -0.15) is 0 Å². The standard InChI is InChI=1S/C14H13N3O3S/c1-8-7-11(5-3-10(8)4-6-12(18)19)15-14(20)13-9(2)16-17-21-13/h3-7H,1-2H3,(H,15,20)(H,18,19). The number of hydrogen-bond acceptors (Lipinski definition) is 5. The van der Waals surface area contributed by atoms with E-state index in [9.17, 15) is 9.59 Å². The predicted molar refractivity (Wildman–Crippen MR) is 80.4 cm³/mol. The predicted octanol–water partition coefficient (Wildman–Crippen LogP) is 2.51. The van der Waals surface area contributed by atoms with Crippen LogP contribution in [0, 0.1) is 13.8 Å². The topological polar surface area (TPSA) is 92.2 Å². The number of aliphatic carboxylic acids is 1. The fraction of sp³-hybridized carbons (Fsp3) is 0.143. The Morgan fingerprint density at radius 3 is 2.67 bits per heavy atom. The molecule has 7 heteroatoms. The summed E-state index contributed by atoms with van der Waals surface area (Å²) >= 11 is 1.05. The largest absolute Gasteiger partial charge is 0.478 e. The van der Waals surface area contributed by atoms with Gasteiger partial charge in [-0.05, 0) is 54.7 Å². The zero-order valence-corrected chi connectivity index (χ0v) is 12.3. The third kappa shape index (κ3) is 3.73. The number of carbonyl (C=O) groups is 2. The molecule has 1 aromatic heterocycles. The van der Waals surface area contributed by atoms with Crippen LogP contribution in [0.1, 0.15) is 26.5 Å². The summed E-state index contributed by atoms with van der Waals surface area (Å²) < 4.78 is 3.72. The van der Waals surface area contributed by atoms with Crippen molar-refractivity contribution >= 4 is 35.2 Å². The first-order chi connectivity index (χ1) is 9.97.